The van der Waals surface area contributed by atoms with Gasteiger partial charge in [-0.15, -0.1) is 0 Å². The van der Waals surface area contributed by atoms with Crippen molar-refractivity contribution in [3.63, 3.8) is 0 Å². The van der Waals surface area contributed by atoms with Crippen molar-refractivity contribution in [2.75, 3.05) is 0 Å². The molecule has 0 aliphatic heterocycles. The Hall–Kier alpha value is -2.25. The van der Waals surface area contributed by atoms with Gasteiger partial charge in [0.25, 0.3) is 0 Å². The summed E-state index contributed by atoms with van der Waals surface area (Å²) in [5.41, 5.74) is 13.1. The van der Waals surface area contributed by atoms with Gasteiger partial charge in [-0.2, -0.15) is 0 Å². The van der Waals surface area contributed by atoms with Crippen molar-refractivity contribution in [2.45, 2.75) is 71.6 Å². The zero-order valence-corrected chi connectivity index (χ0v) is 29.5. The second-order valence-corrected chi connectivity index (χ2v) is 19.3. The molecule has 1 aromatic heterocycles. The fourth-order valence-corrected chi connectivity index (χ4v) is 13.3. The SMILES string of the molecule is CC(C)(C)c1ccc2c(c1)-c1cc(C(C)(C)C)c[c]([Zr+2](=[CH]Cc3ccccc3)[C]3=C(c4ccoc4)C=CC3)c1C2.[Cl-].[Cl-]. The summed E-state index contributed by atoms with van der Waals surface area (Å²) in [4.78, 5) is 0. The first-order chi connectivity index (χ1) is 19.1. The van der Waals surface area contributed by atoms with Crippen LogP contribution in [0, 0.1) is 0 Å². The molecular weight excluding hydrogens is 635 g/mol. The van der Waals surface area contributed by atoms with E-state index in [2.05, 4.69) is 124 Å². The number of benzene rings is 3. The Bertz CT molecular complexity index is 1660. The molecule has 0 bridgehead atoms. The van der Waals surface area contributed by atoms with Crippen LogP contribution in [-0.4, -0.2) is 3.71 Å². The molecule has 2 aliphatic rings. The summed E-state index contributed by atoms with van der Waals surface area (Å²) in [5, 5.41) is 0. The molecule has 216 valence electrons. The predicted octanol–water partition coefficient (Wildman–Crippen LogP) is 3.11. The average molecular weight is 675 g/mol. The van der Waals surface area contributed by atoms with Gasteiger partial charge in [-0.05, 0) is 0 Å². The van der Waals surface area contributed by atoms with Crippen molar-refractivity contribution in [2.24, 2.45) is 0 Å². The van der Waals surface area contributed by atoms with Crippen molar-refractivity contribution in [3.8, 4) is 11.1 Å². The first-order valence-corrected chi connectivity index (χ1v) is 18.5. The van der Waals surface area contributed by atoms with Crippen LogP contribution >= 0.6 is 0 Å². The van der Waals surface area contributed by atoms with E-state index in [1.54, 1.807) is 12.1 Å². The van der Waals surface area contributed by atoms with E-state index in [0.29, 0.717) is 0 Å². The first-order valence-electron chi connectivity index (χ1n) is 14.6. The largest absolute Gasteiger partial charge is 1.00 e. The molecule has 0 saturated heterocycles. The summed E-state index contributed by atoms with van der Waals surface area (Å²) in [6.45, 7) is 14.1. The van der Waals surface area contributed by atoms with Crippen molar-refractivity contribution in [1.82, 2.24) is 0 Å². The first kappa shape index (κ1) is 32.7. The fraction of sp³-hybridized carbons (Fsp3) is 0.289. The summed E-state index contributed by atoms with van der Waals surface area (Å²) in [6.07, 6.45) is 11.6. The third kappa shape index (κ3) is 6.47. The van der Waals surface area contributed by atoms with Gasteiger partial charge in [-0.1, -0.05) is 0 Å². The third-order valence-electron chi connectivity index (χ3n) is 8.51. The normalized spacial score (nSPS) is 14.0. The second kappa shape index (κ2) is 12.8. The standard InChI is InChI=1S/C21H25.C9H7O.C8H8.2ClH.Zr/c1-20(2,3)16-9-7-14-11-15-8-10-17(21(4,5)6)13-19(15)18(14)12-16;1-2-4-8(3-1)9-5-6-10-7-9;1-2-8-6-4-3-5-7-8;;;/h7,9-10,12-13H,11H2,1-6H3;1,3,5-7H,2H2;1,3-7H,2H2;2*1H;/q;;;;;+2/p-2. The van der Waals surface area contributed by atoms with Gasteiger partial charge in [0.05, 0.1) is 0 Å². The van der Waals surface area contributed by atoms with Crippen molar-refractivity contribution in [1.29, 1.82) is 0 Å². The molecule has 0 atom stereocenters. The van der Waals surface area contributed by atoms with Crippen LogP contribution in [0.4, 0.5) is 0 Å². The number of halogens is 2. The molecule has 2 aliphatic carbocycles. The summed E-state index contributed by atoms with van der Waals surface area (Å²) in [6, 6.07) is 25.5. The Morgan fingerprint density at radius 1 is 0.810 bits per heavy atom. The Labute approximate surface area is 272 Å². The molecule has 6 rings (SSSR count). The quantitative estimate of drug-likeness (QED) is 0.280. The molecule has 3 aromatic carbocycles. The Kier molecular flexibility index (Phi) is 9.94. The second-order valence-electron chi connectivity index (χ2n) is 13.4. The van der Waals surface area contributed by atoms with Crippen LogP contribution in [-0.2, 0) is 44.9 Å². The zero-order valence-electron chi connectivity index (χ0n) is 25.5. The van der Waals surface area contributed by atoms with Gasteiger partial charge in [0.2, 0.25) is 0 Å². The number of hydrogen-bond acceptors (Lipinski definition) is 1. The average Bonchev–Trinajstić information content (AvgIpc) is 3.67. The summed E-state index contributed by atoms with van der Waals surface area (Å²) in [7, 11) is 0. The fourth-order valence-electron chi connectivity index (χ4n) is 6.09. The molecule has 0 N–H and O–H groups in total. The molecule has 1 heterocycles. The molecule has 42 heavy (non-hydrogen) atoms. The van der Waals surface area contributed by atoms with Gasteiger partial charge in [-0.25, -0.2) is 0 Å². The van der Waals surface area contributed by atoms with Gasteiger partial charge in [-0.3, -0.25) is 0 Å². The van der Waals surface area contributed by atoms with E-state index in [1.165, 1.54) is 44.5 Å². The smallest absolute Gasteiger partial charge is 1.00 e. The van der Waals surface area contributed by atoms with E-state index in [-0.39, 0.29) is 35.6 Å². The van der Waals surface area contributed by atoms with Gasteiger partial charge < -0.3 is 24.8 Å². The topological polar surface area (TPSA) is 13.1 Å². The zero-order chi connectivity index (χ0) is 28.1. The van der Waals surface area contributed by atoms with Crippen molar-refractivity contribution in [3.05, 3.63) is 128 Å². The maximum absolute atomic E-state index is 5.55. The van der Waals surface area contributed by atoms with Crippen LogP contribution in [0.3, 0.4) is 0 Å². The molecule has 0 amide bonds. The molecule has 4 aromatic rings. The van der Waals surface area contributed by atoms with Crippen LogP contribution in [0.5, 0.6) is 0 Å². The van der Waals surface area contributed by atoms with E-state index in [0.717, 1.165) is 19.3 Å². The van der Waals surface area contributed by atoms with Gasteiger partial charge in [0.15, 0.2) is 0 Å². The molecule has 0 fully saturated rings. The Balaban J connectivity index is 0.00000202. The minimum Gasteiger partial charge on any atom is -1.00 e. The maximum Gasteiger partial charge on any atom is -1.00 e. The van der Waals surface area contributed by atoms with Crippen molar-refractivity contribution < 1.29 is 50.5 Å². The Morgan fingerprint density at radius 3 is 2.19 bits per heavy atom. The molecule has 4 heteroatoms. The third-order valence-corrected chi connectivity index (χ3v) is 15.3. The molecule has 1 nitrogen and oxygen atoms in total. The number of allylic oxidation sites excluding steroid dienone is 4. The monoisotopic (exact) mass is 672 g/mol. The van der Waals surface area contributed by atoms with E-state index >= 15 is 0 Å². The van der Waals surface area contributed by atoms with Crippen LogP contribution in [0.2, 0.25) is 0 Å². The van der Waals surface area contributed by atoms with E-state index in [4.69, 9.17) is 4.42 Å². The minimum atomic E-state index is -2.48. The summed E-state index contributed by atoms with van der Waals surface area (Å²) < 4.78 is 11.6. The number of fused-ring (bicyclic) bond motifs is 3. The van der Waals surface area contributed by atoms with Gasteiger partial charge in [0, 0.05) is 0 Å². The molecule has 0 saturated carbocycles. The number of furan rings is 1. The molecule has 0 unspecified atom stereocenters. The summed E-state index contributed by atoms with van der Waals surface area (Å²) >= 11 is -2.48. The molecule has 0 radical (unpaired) electrons. The molecule has 0 spiro atoms. The number of hydrogen-bond donors (Lipinski definition) is 0. The van der Waals surface area contributed by atoms with Gasteiger partial charge in [0.1, 0.15) is 0 Å². The van der Waals surface area contributed by atoms with E-state index in [9.17, 15) is 0 Å². The Morgan fingerprint density at radius 2 is 1.52 bits per heavy atom. The number of rotatable bonds is 5. The summed E-state index contributed by atoms with van der Waals surface area (Å²) in [5.74, 6) is 0. The molecular formula is C38H40Cl2OZr. The van der Waals surface area contributed by atoms with Crippen LogP contribution in [0.25, 0.3) is 16.7 Å². The van der Waals surface area contributed by atoms with E-state index in [1.807, 2.05) is 12.5 Å². The maximum atomic E-state index is 5.55. The minimum absolute atomic E-state index is 0. The van der Waals surface area contributed by atoms with Crippen LogP contribution in [0.1, 0.15) is 81.3 Å². The predicted molar refractivity (Wildman–Crippen MR) is 167 cm³/mol. The van der Waals surface area contributed by atoms with Gasteiger partial charge >= 0.3 is 249 Å². The van der Waals surface area contributed by atoms with Crippen LogP contribution < -0.4 is 28.1 Å². The van der Waals surface area contributed by atoms with E-state index < -0.39 is 21.3 Å². The van der Waals surface area contributed by atoms with Crippen molar-refractivity contribution >= 4 is 12.6 Å². The van der Waals surface area contributed by atoms with Crippen LogP contribution in [0.15, 0.2) is 99.1 Å².